The molecule has 1 atom stereocenters. The van der Waals surface area contributed by atoms with Crippen molar-refractivity contribution in [2.75, 3.05) is 0 Å². The maximum atomic E-state index is 14.8. The van der Waals surface area contributed by atoms with E-state index in [-0.39, 0.29) is 22.9 Å². The van der Waals surface area contributed by atoms with Crippen LogP contribution in [0, 0.1) is 5.92 Å². The van der Waals surface area contributed by atoms with Gasteiger partial charge in [0.2, 0.25) is 0 Å². The molecule has 2 nitrogen and oxygen atoms in total. The quantitative estimate of drug-likeness (QED) is 0.157. The first-order valence-corrected chi connectivity index (χ1v) is 22.8. The summed E-state index contributed by atoms with van der Waals surface area (Å²) in [5.41, 5.74) is 16.1. The molecule has 0 amide bonds. The molecular formula is C62H48O2. The van der Waals surface area contributed by atoms with Crippen LogP contribution in [0.5, 0.6) is 0 Å². The van der Waals surface area contributed by atoms with Gasteiger partial charge >= 0.3 is 0 Å². The summed E-state index contributed by atoms with van der Waals surface area (Å²) in [6, 6.07) is 49.1. The largest absolute Gasteiger partial charge is 0.293 e. The number of carbonyl (C=O) groups excluding carboxylic acids is 2. The van der Waals surface area contributed by atoms with Crippen molar-refractivity contribution < 1.29 is 9.59 Å². The van der Waals surface area contributed by atoms with E-state index in [9.17, 15) is 9.59 Å². The second kappa shape index (κ2) is 14.2. The summed E-state index contributed by atoms with van der Waals surface area (Å²) in [5, 5.41) is 6.72. The lowest BCUT2D eigenvalue weighted by molar-refractivity contribution is 0.0945. The fourth-order valence-electron chi connectivity index (χ4n) is 11.9. The first-order chi connectivity index (χ1) is 31.1. The van der Waals surface area contributed by atoms with E-state index in [0.29, 0.717) is 5.56 Å². The van der Waals surface area contributed by atoms with E-state index in [4.69, 9.17) is 0 Å². The fraction of sp³-hybridized carbons (Fsp3) is 0.161. The van der Waals surface area contributed by atoms with Gasteiger partial charge in [0.1, 0.15) is 0 Å². The zero-order chi connectivity index (χ0) is 43.5. The van der Waals surface area contributed by atoms with Crippen molar-refractivity contribution in [3.63, 3.8) is 0 Å². The maximum Gasteiger partial charge on any atom is 0.193 e. The van der Waals surface area contributed by atoms with E-state index in [1.807, 2.05) is 42.5 Å². The van der Waals surface area contributed by atoms with Crippen LogP contribution in [0.2, 0.25) is 0 Å². The first kappa shape index (κ1) is 38.5. The average molecular weight is 825 g/mol. The van der Waals surface area contributed by atoms with Crippen molar-refractivity contribution in [3.05, 3.63) is 226 Å². The monoisotopic (exact) mass is 824 g/mol. The molecule has 0 saturated carbocycles. The Balaban J connectivity index is 0.980. The molecule has 0 aliphatic heterocycles. The summed E-state index contributed by atoms with van der Waals surface area (Å²) < 4.78 is 0. The van der Waals surface area contributed by atoms with E-state index < -0.39 is 5.41 Å². The molecule has 0 N–H and O–H groups in total. The highest BCUT2D eigenvalue weighted by atomic mass is 16.1. The van der Waals surface area contributed by atoms with Crippen molar-refractivity contribution in [3.8, 4) is 33.4 Å². The summed E-state index contributed by atoms with van der Waals surface area (Å²) in [5.74, 6) is 0.0146. The third-order valence-electron chi connectivity index (χ3n) is 15.0. The Kier molecular flexibility index (Phi) is 8.53. The number of Topliss-reactive ketones (excluding diaryl/α,β-unsaturated/α-hetero) is 1. The lowest BCUT2D eigenvalue weighted by Crippen LogP contribution is -2.20. The van der Waals surface area contributed by atoms with Crippen LogP contribution in [-0.2, 0) is 10.8 Å². The SMILES string of the molecule is CC1(C)c2cc(C(=O)c3cccc(-c4ccccc4)c3)c3ccccc3c2-c2ccc3c4c(ccc3c21)-c1c(cc(C(=O)C2C=CC=C(C3=CC=CCC3)C2)c2ccccc12)C4(C)C. The average Bonchev–Trinajstić information content (AvgIpc) is 3.73. The third kappa shape index (κ3) is 5.58. The minimum atomic E-state index is -0.393. The number of carbonyl (C=O) groups is 2. The Morgan fingerprint density at radius 2 is 1.08 bits per heavy atom. The Bertz CT molecular complexity index is 3490. The summed E-state index contributed by atoms with van der Waals surface area (Å²) in [7, 11) is 0. The molecule has 8 aromatic rings. The van der Waals surface area contributed by atoms with Gasteiger partial charge in [-0.05, 0) is 137 Å². The molecule has 1 unspecified atom stereocenters. The molecule has 0 fully saturated rings. The second-order valence-corrected chi connectivity index (χ2v) is 19.3. The summed E-state index contributed by atoms with van der Waals surface area (Å²) in [6.07, 6.45) is 15.8. The molecule has 0 aromatic heterocycles. The lowest BCUT2D eigenvalue weighted by atomic mass is 9.75. The lowest BCUT2D eigenvalue weighted by Gasteiger charge is -2.27. The molecule has 4 aliphatic rings. The van der Waals surface area contributed by atoms with Crippen molar-refractivity contribution in [1.82, 2.24) is 0 Å². The van der Waals surface area contributed by atoms with Gasteiger partial charge in [-0.2, -0.15) is 0 Å². The molecule has 4 aliphatic carbocycles. The third-order valence-corrected chi connectivity index (χ3v) is 15.0. The molecule has 12 rings (SSSR count). The van der Waals surface area contributed by atoms with Crippen molar-refractivity contribution in [2.45, 2.75) is 57.8 Å². The van der Waals surface area contributed by atoms with Gasteiger partial charge < -0.3 is 0 Å². The molecule has 0 heterocycles. The van der Waals surface area contributed by atoms with Gasteiger partial charge in [-0.15, -0.1) is 0 Å². The van der Waals surface area contributed by atoms with Crippen LogP contribution in [0.25, 0.3) is 65.7 Å². The van der Waals surface area contributed by atoms with Crippen LogP contribution in [-0.4, -0.2) is 11.6 Å². The number of hydrogen-bond acceptors (Lipinski definition) is 2. The molecule has 0 spiro atoms. The fourth-order valence-corrected chi connectivity index (χ4v) is 11.9. The Morgan fingerprint density at radius 1 is 0.516 bits per heavy atom. The normalized spacial score (nSPS) is 17.5. The summed E-state index contributed by atoms with van der Waals surface area (Å²) in [6.45, 7) is 9.35. The van der Waals surface area contributed by atoms with E-state index in [1.165, 1.54) is 66.4 Å². The summed E-state index contributed by atoms with van der Waals surface area (Å²) in [4.78, 5) is 29.6. The Labute approximate surface area is 375 Å². The highest BCUT2D eigenvalue weighted by molar-refractivity contribution is 6.21. The standard InChI is InChI=1S/C62H48O2/c1-61(2)53-35-51(59(63)41-23-15-21-39(33-41)37-17-7-5-8-18-37)43-25-11-13-27-45(43)55(53)49-31-30-48-47(57(49)61)29-32-50-56-46-28-14-12-26-44(46)52(36-54(56)62(3,4)58(48)50)60(64)42-24-16-22-40(34-42)38-19-9-6-10-20-38/h5-9,11-19,21-33,35-36,42H,10,20,34H2,1-4H3. The van der Waals surface area contributed by atoms with Crippen LogP contribution in [0.15, 0.2) is 187 Å². The molecule has 2 heteroatoms. The Hall–Kier alpha value is -7.16. The van der Waals surface area contributed by atoms with Gasteiger partial charge in [0.25, 0.3) is 0 Å². The smallest absolute Gasteiger partial charge is 0.193 e. The minimum absolute atomic E-state index is 0.0336. The highest BCUT2D eigenvalue weighted by Gasteiger charge is 2.43. The molecular weight excluding hydrogens is 777 g/mol. The van der Waals surface area contributed by atoms with E-state index in [2.05, 4.69) is 161 Å². The minimum Gasteiger partial charge on any atom is -0.293 e. The maximum absolute atomic E-state index is 14.8. The van der Waals surface area contributed by atoms with Gasteiger partial charge in [-0.25, -0.2) is 0 Å². The van der Waals surface area contributed by atoms with Crippen LogP contribution in [0.4, 0.5) is 0 Å². The number of ketones is 2. The highest BCUT2D eigenvalue weighted by Crippen LogP contribution is 2.59. The zero-order valence-corrected chi connectivity index (χ0v) is 36.8. The van der Waals surface area contributed by atoms with Gasteiger partial charge in [0.05, 0.1) is 0 Å². The number of rotatable bonds is 6. The molecule has 64 heavy (non-hydrogen) atoms. The van der Waals surface area contributed by atoms with Crippen LogP contribution in [0.3, 0.4) is 0 Å². The van der Waals surface area contributed by atoms with Gasteiger partial charge in [0.15, 0.2) is 11.6 Å². The van der Waals surface area contributed by atoms with Gasteiger partial charge in [0, 0.05) is 33.4 Å². The van der Waals surface area contributed by atoms with Crippen molar-refractivity contribution in [2.24, 2.45) is 5.92 Å². The molecule has 0 bridgehead atoms. The van der Waals surface area contributed by atoms with Crippen molar-refractivity contribution in [1.29, 1.82) is 0 Å². The predicted octanol–water partition coefficient (Wildman–Crippen LogP) is 15.6. The number of allylic oxidation sites excluding steroid dienone is 8. The first-order valence-electron chi connectivity index (χ1n) is 22.8. The molecule has 0 saturated heterocycles. The predicted molar refractivity (Wildman–Crippen MR) is 266 cm³/mol. The molecule has 308 valence electrons. The van der Waals surface area contributed by atoms with E-state index >= 15 is 0 Å². The van der Waals surface area contributed by atoms with Crippen LogP contribution in [0.1, 0.15) is 95.5 Å². The van der Waals surface area contributed by atoms with Crippen molar-refractivity contribution >= 4 is 43.9 Å². The number of benzene rings is 8. The van der Waals surface area contributed by atoms with Crippen LogP contribution >= 0.6 is 0 Å². The topological polar surface area (TPSA) is 34.1 Å². The number of fused-ring (bicyclic) bond motifs is 13. The van der Waals surface area contributed by atoms with E-state index in [1.54, 1.807) is 0 Å². The zero-order valence-electron chi connectivity index (χ0n) is 36.8. The van der Waals surface area contributed by atoms with Gasteiger partial charge in [-0.1, -0.05) is 185 Å². The molecule has 8 aromatic carbocycles. The summed E-state index contributed by atoms with van der Waals surface area (Å²) >= 11 is 0. The van der Waals surface area contributed by atoms with Gasteiger partial charge in [-0.3, -0.25) is 9.59 Å². The number of hydrogen-bond donors (Lipinski definition) is 0. The van der Waals surface area contributed by atoms with E-state index in [0.717, 1.165) is 63.1 Å². The van der Waals surface area contributed by atoms with Crippen LogP contribution < -0.4 is 0 Å². The molecule has 0 radical (unpaired) electrons. The Morgan fingerprint density at radius 3 is 1.70 bits per heavy atom. The second-order valence-electron chi connectivity index (χ2n) is 19.3.